The van der Waals surface area contributed by atoms with Crippen LogP contribution >= 0.6 is 0 Å². The van der Waals surface area contributed by atoms with Crippen molar-refractivity contribution in [1.82, 2.24) is 15.1 Å². The molecule has 1 saturated carbocycles. The highest BCUT2D eigenvalue weighted by Crippen LogP contribution is 2.32. The fourth-order valence-electron chi connectivity index (χ4n) is 4.33. The molecule has 2 aliphatic rings. The van der Waals surface area contributed by atoms with Gasteiger partial charge in [-0.2, -0.15) is 0 Å². The van der Waals surface area contributed by atoms with E-state index in [-0.39, 0.29) is 23.5 Å². The first kappa shape index (κ1) is 28.0. The molecule has 36 heavy (non-hydrogen) atoms. The Morgan fingerprint density at radius 2 is 1.67 bits per heavy atom. The summed E-state index contributed by atoms with van der Waals surface area (Å²) in [4.78, 5) is 41.7. The summed E-state index contributed by atoms with van der Waals surface area (Å²) in [5.74, 6) is 1.49. The molecule has 1 N–H and O–H groups in total. The van der Waals surface area contributed by atoms with Crippen LogP contribution < -0.4 is 10.1 Å². The van der Waals surface area contributed by atoms with Crippen molar-refractivity contribution in [3.8, 4) is 5.75 Å². The van der Waals surface area contributed by atoms with Crippen LogP contribution in [0.3, 0.4) is 0 Å². The maximum Gasteiger partial charge on any atom is 0.408 e. The molecule has 200 valence electrons. The van der Waals surface area contributed by atoms with Gasteiger partial charge in [-0.3, -0.25) is 14.5 Å². The second kappa shape index (κ2) is 12.6. The number of hydrogen-bond acceptors (Lipinski definition) is 6. The van der Waals surface area contributed by atoms with Gasteiger partial charge in [0, 0.05) is 44.2 Å². The van der Waals surface area contributed by atoms with E-state index < -0.39 is 17.7 Å². The van der Waals surface area contributed by atoms with E-state index in [1.165, 1.54) is 0 Å². The fraction of sp³-hybridized carbons (Fsp3) is 0.679. The zero-order valence-electron chi connectivity index (χ0n) is 22.5. The molecule has 1 aliphatic carbocycles. The molecular weight excluding hydrogens is 458 g/mol. The Bertz CT molecular complexity index is 881. The number of alkyl carbamates (subject to hydrolysis) is 1. The van der Waals surface area contributed by atoms with E-state index in [0.717, 1.165) is 50.2 Å². The molecule has 2 fully saturated rings. The fourth-order valence-corrected chi connectivity index (χ4v) is 4.33. The summed E-state index contributed by atoms with van der Waals surface area (Å²) in [6.45, 7) is 13.9. The van der Waals surface area contributed by atoms with Crippen LogP contribution in [0, 0.1) is 11.8 Å². The topological polar surface area (TPSA) is 88.2 Å². The van der Waals surface area contributed by atoms with Gasteiger partial charge < -0.3 is 19.7 Å². The van der Waals surface area contributed by atoms with Crippen molar-refractivity contribution >= 4 is 17.8 Å². The van der Waals surface area contributed by atoms with Crippen LogP contribution in [-0.2, 0) is 9.53 Å². The monoisotopic (exact) mass is 501 g/mol. The molecule has 0 bridgehead atoms. The number of piperazine rings is 1. The summed E-state index contributed by atoms with van der Waals surface area (Å²) in [5.41, 5.74) is 0.165. The van der Waals surface area contributed by atoms with Crippen molar-refractivity contribution in [2.45, 2.75) is 71.9 Å². The smallest absolute Gasteiger partial charge is 0.408 e. The summed E-state index contributed by atoms with van der Waals surface area (Å²) in [7, 11) is 0. The zero-order valence-corrected chi connectivity index (χ0v) is 22.5. The second-order valence-corrected chi connectivity index (χ2v) is 11.4. The Kier molecular flexibility index (Phi) is 9.77. The van der Waals surface area contributed by atoms with Crippen molar-refractivity contribution in [2.75, 3.05) is 39.3 Å². The lowest BCUT2D eigenvalue weighted by Crippen LogP contribution is -2.55. The first-order valence-electron chi connectivity index (χ1n) is 13.3. The normalized spacial score (nSPS) is 17.6. The summed E-state index contributed by atoms with van der Waals surface area (Å²) in [6, 6.07) is 6.88. The Morgan fingerprint density at radius 3 is 2.22 bits per heavy atom. The highest BCUT2D eigenvalue weighted by molar-refractivity contribution is 5.99. The lowest BCUT2D eigenvalue weighted by atomic mass is 10.0. The van der Waals surface area contributed by atoms with Gasteiger partial charge in [-0.25, -0.2) is 4.79 Å². The van der Waals surface area contributed by atoms with Gasteiger partial charge in [-0.05, 0) is 76.6 Å². The van der Waals surface area contributed by atoms with Gasteiger partial charge in [0.1, 0.15) is 17.4 Å². The molecule has 0 spiro atoms. The Morgan fingerprint density at radius 1 is 1.03 bits per heavy atom. The molecule has 0 unspecified atom stereocenters. The van der Waals surface area contributed by atoms with E-state index in [0.29, 0.717) is 26.1 Å². The van der Waals surface area contributed by atoms with Gasteiger partial charge in [0.2, 0.25) is 5.91 Å². The molecule has 1 saturated heterocycles. The molecule has 1 aliphatic heterocycles. The van der Waals surface area contributed by atoms with E-state index in [4.69, 9.17) is 9.47 Å². The second-order valence-electron chi connectivity index (χ2n) is 11.4. The molecule has 0 aromatic heterocycles. The highest BCUT2D eigenvalue weighted by atomic mass is 16.6. The lowest BCUT2D eigenvalue weighted by molar-refractivity contribution is -0.135. The third-order valence-electron chi connectivity index (χ3n) is 6.35. The summed E-state index contributed by atoms with van der Waals surface area (Å²) in [5, 5.41) is 2.79. The van der Waals surface area contributed by atoms with E-state index in [1.807, 2.05) is 63.8 Å². The predicted molar refractivity (Wildman–Crippen MR) is 139 cm³/mol. The van der Waals surface area contributed by atoms with Gasteiger partial charge in [-0.15, -0.1) is 0 Å². The standard InChI is InChI=1S/C28H43N3O5/c1-20(2)19-24(29-27(34)36-28(3,4)5)26(33)31-16-14-30(15-17-31)13-6-18-35-23-11-9-22(10-12-23)25(32)21-7-8-21/h9-12,20-21,24H,6-8,13-19H2,1-5H3,(H,29,34)/t24-/m0/s1. The SMILES string of the molecule is CC(C)C[C@H](NC(=O)OC(C)(C)C)C(=O)N1CCN(CCCOc2ccc(C(=O)C3CC3)cc2)CC1. The molecule has 1 heterocycles. The number of nitrogens with zero attached hydrogens (tertiary/aromatic N) is 2. The number of carbonyl (C=O) groups is 3. The van der Waals surface area contributed by atoms with E-state index in [1.54, 1.807) is 0 Å². The first-order valence-corrected chi connectivity index (χ1v) is 13.3. The zero-order chi connectivity index (χ0) is 26.3. The first-order chi connectivity index (χ1) is 17.0. The van der Waals surface area contributed by atoms with E-state index >= 15 is 0 Å². The van der Waals surface area contributed by atoms with Crippen LogP contribution in [0.5, 0.6) is 5.75 Å². The highest BCUT2D eigenvalue weighted by Gasteiger charge is 2.31. The number of Topliss-reactive ketones (excluding diaryl/α,β-unsaturated/α-hetero) is 1. The van der Waals surface area contributed by atoms with Crippen LogP contribution in [-0.4, -0.2) is 78.6 Å². The Balaban J connectivity index is 1.37. The number of nitrogens with one attached hydrogen (secondary N) is 1. The molecule has 2 amide bonds. The summed E-state index contributed by atoms with van der Waals surface area (Å²) in [6.07, 6.45) is 2.93. The van der Waals surface area contributed by atoms with Gasteiger partial charge in [0.15, 0.2) is 5.78 Å². The predicted octanol–water partition coefficient (Wildman–Crippen LogP) is 4.13. The quantitative estimate of drug-likeness (QED) is 0.362. The average Bonchev–Trinajstić information content (AvgIpc) is 3.65. The Hall–Kier alpha value is -2.61. The van der Waals surface area contributed by atoms with Crippen LogP contribution in [0.2, 0.25) is 0 Å². The maximum absolute atomic E-state index is 13.2. The van der Waals surface area contributed by atoms with Crippen molar-refractivity contribution in [1.29, 1.82) is 0 Å². The largest absolute Gasteiger partial charge is 0.494 e. The van der Waals surface area contributed by atoms with Crippen LogP contribution in [0.1, 0.15) is 70.7 Å². The number of rotatable bonds is 11. The number of ketones is 1. The van der Waals surface area contributed by atoms with E-state index in [2.05, 4.69) is 10.2 Å². The van der Waals surface area contributed by atoms with Gasteiger partial charge in [0.25, 0.3) is 0 Å². The minimum Gasteiger partial charge on any atom is -0.494 e. The lowest BCUT2D eigenvalue weighted by Gasteiger charge is -2.37. The van der Waals surface area contributed by atoms with E-state index in [9.17, 15) is 14.4 Å². The molecular formula is C28H43N3O5. The van der Waals surface area contributed by atoms with Gasteiger partial charge >= 0.3 is 6.09 Å². The third kappa shape index (κ3) is 9.12. The van der Waals surface area contributed by atoms with Gasteiger partial charge in [-0.1, -0.05) is 13.8 Å². The molecule has 8 nitrogen and oxygen atoms in total. The third-order valence-corrected chi connectivity index (χ3v) is 6.35. The van der Waals surface area contributed by atoms with Crippen molar-refractivity contribution < 1.29 is 23.9 Å². The van der Waals surface area contributed by atoms with Crippen LogP contribution in [0.15, 0.2) is 24.3 Å². The molecule has 8 heteroatoms. The number of amides is 2. The van der Waals surface area contributed by atoms with Crippen molar-refractivity contribution in [3.05, 3.63) is 29.8 Å². The molecule has 3 rings (SSSR count). The molecule has 1 aromatic carbocycles. The molecule has 1 aromatic rings. The summed E-state index contributed by atoms with van der Waals surface area (Å²) >= 11 is 0. The average molecular weight is 502 g/mol. The Labute approximate surface area is 215 Å². The van der Waals surface area contributed by atoms with Gasteiger partial charge in [0.05, 0.1) is 6.61 Å². The minimum atomic E-state index is -0.608. The molecule has 0 radical (unpaired) electrons. The van der Waals surface area contributed by atoms with Crippen molar-refractivity contribution in [3.63, 3.8) is 0 Å². The summed E-state index contributed by atoms with van der Waals surface area (Å²) < 4.78 is 11.2. The number of benzene rings is 1. The number of hydrogen-bond donors (Lipinski definition) is 1. The minimum absolute atomic E-state index is 0.0406. The maximum atomic E-state index is 13.2. The number of carbonyl (C=O) groups excluding carboxylic acids is 3. The van der Waals surface area contributed by atoms with Crippen LogP contribution in [0.4, 0.5) is 4.79 Å². The van der Waals surface area contributed by atoms with Crippen LogP contribution in [0.25, 0.3) is 0 Å². The van der Waals surface area contributed by atoms with Crippen molar-refractivity contribution in [2.24, 2.45) is 11.8 Å². The molecule has 1 atom stereocenters. The number of ether oxygens (including phenoxy) is 2.